The molecule has 4 nitrogen and oxygen atoms in total. The van der Waals surface area contributed by atoms with Gasteiger partial charge in [0.15, 0.2) is 11.5 Å². The molecule has 1 fully saturated rings. The van der Waals surface area contributed by atoms with Crippen molar-refractivity contribution in [2.75, 3.05) is 39.4 Å². The second-order valence-corrected chi connectivity index (χ2v) is 5.38. The van der Waals surface area contributed by atoms with Crippen LogP contribution in [-0.4, -0.2) is 44.3 Å². The van der Waals surface area contributed by atoms with Gasteiger partial charge in [-0.1, -0.05) is 6.07 Å². The van der Waals surface area contributed by atoms with Crippen molar-refractivity contribution in [2.45, 2.75) is 6.54 Å². The number of nitrogens with zero attached hydrogens (tertiary/aromatic N) is 1. The minimum Gasteiger partial charge on any atom is -0.486 e. The maximum Gasteiger partial charge on any atom is 0.175 e. The zero-order valence-electron chi connectivity index (χ0n) is 10.2. The van der Waals surface area contributed by atoms with Crippen LogP contribution in [0.5, 0.6) is 11.5 Å². The van der Waals surface area contributed by atoms with Crippen molar-refractivity contribution in [3.05, 3.63) is 22.2 Å². The summed E-state index contributed by atoms with van der Waals surface area (Å²) in [5, 5.41) is 3.37. The molecule has 0 unspecified atom stereocenters. The molecule has 2 aliphatic rings. The number of nitrogens with one attached hydrogen (secondary N) is 1. The quantitative estimate of drug-likeness (QED) is 0.900. The average Bonchev–Trinajstić information content (AvgIpc) is 2.43. The third kappa shape index (κ3) is 2.48. The van der Waals surface area contributed by atoms with Gasteiger partial charge >= 0.3 is 0 Å². The van der Waals surface area contributed by atoms with E-state index >= 15 is 0 Å². The smallest absolute Gasteiger partial charge is 0.175 e. The fourth-order valence-electron chi connectivity index (χ4n) is 2.35. The molecule has 18 heavy (non-hydrogen) atoms. The Morgan fingerprint density at radius 1 is 1.17 bits per heavy atom. The van der Waals surface area contributed by atoms with Crippen LogP contribution in [-0.2, 0) is 6.54 Å². The molecule has 5 heteroatoms. The normalized spacial score (nSPS) is 19.8. The number of benzene rings is 1. The topological polar surface area (TPSA) is 33.7 Å². The van der Waals surface area contributed by atoms with E-state index in [1.54, 1.807) is 0 Å². The van der Waals surface area contributed by atoms with Crippen LogP contribution in [0.15, 0.2) is 16.6 Å². The summed E-state index contributed by atoms with van der Waals surface area (Å²) in [6.07, 6.45) is 0. The van der Waals surface area contributed by atoms with Crippen LogP contribution in [0.2, 0.25) is 0 Å². The van der Waals surface area contributed by atoms with Gasteiger partial charge in [0.1, 0.15) is 13.2 Å². The minimum atomic E-state index is 0.628. The van der Waals surface area contributed by atoms with E-state index in [0.29, 0.717) is 13.2 Å². The molecule has 0 bridgehead atoms. The molecule has 0 radical (unpaired) electrons. The van der Waals surface area contributed by atoms with Gasteiger partial charge in [-0.25, -0.2) is 0 Å². The predicted molar refractivity (Wildman–Crippen MR) is 73.3 cm³/mol. The molecule has 3 rings (SSSR count). The van der Waals surface area contributed by atoms with Crippen LogP contribution < -0.4 is 14.8 Å². The summed E-state index contributed by atoms with van der Waals surface area (Å²) < 4.78 is 12.3. The van der Waals surface area contributed by atoms with Crippen LogP contribution in [0.1, 0.15) is 5.56 Å². The number of halogens is 1. The van der Waals surface area contributed by atoms with Crippen LogP contribution >= 0.6 is 15.9 Å². The lowest BCUT2D eigenvalue weighted by atomic mass is 10.1. The Labute approximate surface area is 115 Å². The van der Waals surface area contributed by atoms with Crippen molar-refractivity contribution >= 4 is 15.9 Å². The van der Waals surface area contributed by atoms with Crippen molar-refractivity contribution in [2.24, 2.45) is 0 Å². The van der Waals surface area contributed by atoms with Gasteiger partial charge < -0.3 is 14.8 Å². The Hall–Kier alpha value is -0.780. The summed E-state index contributed by atoms with van der Waals surface area (Å²) in [5.41, 5.74) is 1.26. The van der Waals surface area contributed by atoms with E-state index in [0.717, 1.165) is 48.7 Å². The largest absolute Gasteiger partial charge is 0.486 e. The Morgan fingerprint density at radius 2 is 1.94 bits per heavy atom. The first-order chi connectivity index (χ1) is 8.84. The van der Waals surface area contributed by atoms with E-state index in [2.05, 4.69) is 32.2 Å². The van der Waals surface area contributed by atoms with Crippen LogP contribution in [0, 0.1) is 0 Å². The standard InChI is InChI=1S/C13H17BrN2O2/c14-12-10(9-16-5-3-15-4-6-16)1-2-11-13(12)18-8-7-17-11/h1-2,15H,3-9H2. The van der Waals surface area contributed by atoms with Gasteiger partial charge in [-0.15, -0.1) is 0 Å². The molecule has 98 valence electrons. The Bertz CT molecular complexity index is 433. The van der Waals surface area contributed by atoms with E-state index in [1.807, 2.05) is 6.07 Å². The maximum absolute atomic E-state index is 5.68. The highest BCUT2D eigenvalue weighted by Crippen LogP contribution is 2.39. The molecule has 1 saturated heterocycles. The van der Waals surface area contributed by atoms with Gasteiger partial charge in [-0.2, -0.15) is 0 Å². The summed E-state index contributed by atoms with van der Waals surface area (Å²) >= 11 is 3.65. The zero-order chi connectivity index (χ0) is 12.4. The van der Waals surface area contributed by atoms with Crippen molar-refractivity contribution in [1.29, 1.82) is 0 Å². The third-order valence-electron chi connectivity index (χ3n) is 3.33. The van der Waals surface area contributed by atoms with E-state index < -0.39 is 0 Å². The second-order valence-electron chi connectivity index (χ2n) is 4.59. The number of hydrogen-bond acceptors (Lipinski definition) is 4. The highest BCUT2D eigenvalue weighted by Gasteiger charge is 2.19. The molecular weight excluding hydrogens is 296 g/mol. The Balaban J connectivity index is 1.79. The molecule has 0 amide bonds. The van der Waals surface area contributed by atoms with E-state index in [4.69, 9.17) is 9.47 Å². The number of hydrogen-bond donors (Lipinski definition) is 1. The van der Waals surface area contributed by atoms with Gasteiger partial charge in [0, 0.05) is 32.7 Å². The monoisotopic (exact) mass is 312 g/mol. The molecule has 0 spiro atoms. The number of piperazine rings is 1. The van der Waals surface area contributed by atoms with Crippen molar-refractivity contribution in [1.82, 2.24) is 10.2 Å². The van der Waals surface area contributed by atoms with Crippen molar-refractivity contribution in [3.63, 3.8) is 0 Å². The highest BCUT2D eigenvalue weighted by atomic mass is 79.9. The average molecular weight is 313 g/mol. The van der Waals surface area contributed by atoms with Crippen LogP contribution in [0.3, 0.4) is 0 Å². The molecule has 2 heterocycles. The van der Waals surface area contributed by atoms with E-state index in [9.17, 15) is 0 Å². The fourth-order valence-corrected chi connectivity index (χ4v) is 2.92. The molecule has 1 aromatic rings. The first kappa shape index (κ1) is 12.3. The summed E-state index contributed by atoms with van der Waals surface area (Å²) in [6, 6.07) is 4.14. The second kappa shape index (κ2) is 5.47. The van der Waals surface area contributed by atoms with Gasteiger partial charge in [-0.05, 0) is 27.6 Å². The molecular formula is C13H17BrN2O2. The highest BCUT2D eigenvalue weighted by molar-refractivity contribution is 9.10. The first-order valence-corrected chi connectivity index (χ1v) is 7.14. The lowest BCUT2D eigenvalue weighted by Crippen LogP contribution is -2.42. The molecule has 0 aromatic heterocycles. The SMILES string of the molecule is Brc1c(CN2CCNCC2)ccc2c1OCCO2. The third-order valence-corrected chi connectivity index (χ3v) is 4.20. The lowest BCUT2D eigenvalue weighted by Gasteiger charge is -2.28. The predicted octanol–water partition coefficient (Wildman–Crippen LogP) is 1.63. The molecule has 0 saturated carbocycles. The maximum atomic E-state index is 5.68. The molecule has 1 aromatic carbocycles. The van der Waals surface area contributed by atoms with E-state index in [1.165, 1.54) is 5.56 Å². The number of ether oxygens (including phenoxy) is 2. The molecule has 1 N–H and O–H groups in total. The fraction of sp³-hybridized carbons (Fsp3) is 0.538. The Morgan fingerprint density at radius 3 is 2.78 bits per heavy atom. The molecule has 0 atom stereocenters. The van der Waals surface area contributed by atoms with Crippen LogP contribution in [0.25, 0.3) is 0 Å². The van der Waals surface area contributed by atoms with Crippen molar-refractivity contribution < 1.29 is 9.47 Å². The summed E-state index contributed by atoms with van der Waals surface area (Å²) in [7, 11) is 0. The van der Waals surface area contributed by atoms with Crippen molar-refractivity contribution in [3.8, 4) is 11.5 Å². The lowest BCUT2D eigenvalue weighted by molar-refractivity contribution is 0.169. The summed E-state index contributed by atoms with van der Waals surface area (Å²) in [4.78, 5) is 2.45. The van der Waals surface area contributed by atoms with Gasteiger partial charge in [0.25, 0.3) is 0 Å². The minimum absolute atomic E-state index is 0.628. The van der Waals surface area contributed by atoms with Crippen LogP contribution in [0.4, 0.5) is 0 Å². The van der Waals surface area contributed by atoms with E-state index in [-0.39, 0.29) is 0 Å². The van der Waals surface area contributed by atoms with Gasteiger partial charge in [0.2, 0.25) is 0 Å². The first-order valence-electron chi connectivity index (χ1n) is 6.34. The number of fused-ring (bicyclic) bond motifs is 1. The Kier molecular flexibility index (Phi) is 3.72. The van der Waals surface area contributed by atoms with Gasteiger partial charge in [0.05, 0.1) is 4.47 Å². The summed E-state index contributed by atoms with van der Waals surface area (Å²) in [6.45, 7) is 6.56. The summed E-state index contributed by atoms with van der Waals surface area (Å²) in [5.74, 6) is 1.70. The van der Waals surface area contributed by atoms with Gasteiger partial charge in [-0.3, -0.25) is 4.90 Å². The zero-order valence-corrected chi connectivity index (χ0v) is 11.8. The molecule has 0 aliphatic carbocycles. The molecule has 2 aliphatic heterocycles. The number of rotatable bonds is 2.